The fourth-order valence-corrected chi connectivity index (χ4v) is 5.99. The molecule has 1 aliphatic rings. The van der Waals surface area contributed by atoms with E-state index in [1.807, 2.05) is 0 Å². The highest BCUT2D eigenvalue weighted by molar-refractivity contribution is 6.91. The van der Waals surface area contributed by atoms with E-state index in [1.165, 1.54) is 11.6 Å². The molecule has 82 valence electrons. The smallest absolute Gasteiger partial charge is 0.0837 e. The lowest BCUT2D eigenvalue weighted by Crippen LogP contribution is -2.45. The van der Waals surface area contributed by atoms with E-state index in [0.717, 1.165) is 18.4 Å². The first-order valence-electron chi connectivity index (χ1n) is 5.84. The molecule has 0 radical (unpaired) electrons. The van der Waals surface area contributed by atoms with Crippen LogP contribution in [-0.4, -0.2) is 19.3 Å². The third-order valence-electron chi connectivity index (χ3n) is 3.94. The molecular formula is C13H20OSi. The Morgan fingerprint density at radius 3 is 2.33 bits per heavy atom. The van der Waals surface area contributed by atoms with Gasteiger partial charge in [-0.2, -0.15) is 0 Å². The third kappa shape index (κ3) is 2.16. The molecule has 15 heavy (non-hydrogen) atoms. The Morgan fingerprint density at radius 1 is 1.13 bits per heavy atom. The second-order valence-corrected chi connectivity index (χ2v) is 10.1. The average molecular weight is 220 g/mol. The van der Waals surface area contributed by atoms with Crippen molar-refractivity contribution >= 4 is 13.3 Å². The minimum Gasteiger partial charge on any atom is -0.393 e. The van der Waals surface area contributed by atoms with E-state index in [9.17, 15) is 5.11 Å². The van der Waals surface area contributed by atoms with Crippen molar-refractivity contribution in [3.8, 4) is 0 Å². The molecule has 2 atom stereocenters. The van der Waals surface area contributed by atoms with Gasteiger partial charge in [-0.15, -0.1) is 0 Å². The first kappa shape index (κ1) is 10.9. The van der Waals surface area contributed by atoms with Crippen LogP contribution in [0, 0.1) is 0 Å². The molecule has 0 aromatic heterocycles. The van der Waals surface area contributed by atoms with E-state index in [2.05, 4.69) is 43.4 Å². The van der Waals surface area contributed by atoms with Crippen LogP contribution < -0.4 is 5.19 Å². The van der Waals surface area contributed by atoms with Gasteiger partial charge in [-0.05, 0) is 24.8 Å². The zero-order chi connectivity index (χ0) is 10.9. The van der Waals surface area contributed by atoms with Crippen LogP contribution in [0.15, 0.2) is 30.3 Å². The first-order valence-corrected chi connectivity index (χ1v) is 8.92. The van der Waals surface area contributed by atoms with Gasteiger partial charge in [0.2, 0.25) is 0 Å². The molecule has 1 aromatic carbocycles. The van der Waals surface area contributed by atoms with E-state index < -0.39 is 8.07 Å². The van der Waals surface area contributed by atoms with Crippen molar-refractivity contribution in [3.63, 3.8) is 0 Å². The molecule has 1 aliphatic carbocycles. The van der Waals surface area contributed by atoms with E-state index in [-0.39, 0.29) is 6.10 Å². The lowest BCUT2D eigenvalue weighted by atomic mass is 10.3. The molecule has 1 nitrogen and oxygen atoms in total. The Kier molecular flexibility index (Phi) is 2.98. The SMILES string of the molecule is C[Si](C)(c1ccccc1)[C@@H]1CC[C@@H](O)C1. The van der Waals surface area contributed by atoms with Crippen LogP contribution in [0.4, 0.5) is 0 Å². The fourth-order valence-electron chi connectivity index (χ4n) is 2.72. The molecular weight excluding hydrogens is 200 g/mol. The maximum absolute atomic E-state index is 9.63. The van der Waals surface area contributed by atoms with Gasteiger partial charge < -0.3 is 5.11 Å². The molecule has 1 aromatic rings. The van der Waals surface area contributed by atoms with Gasteiger partial charge in [0.05, 0.1) is 14.2 Å². The zero-order valence-corrected chi connectivity index (χ0v) is 10.6. The lowest BCUT2D eigenvalue weighted by Gasteiger charge is -2.30. The fraction of sp³-hybridized carbons (Fsp3) is 0.538. The summed E-state index contributed by atoms with van der Waals surface area (Å²) in [6.45, 7) is 4.87. The number of hydrogen-bond acceptors (Lipinski definition) is 1. The van der Waals surface area contributed by atoms with E-state index >= 15 is 0 Å². The van der Waals surface area contributed by atoms with Crippen LogP contribution >= 0.6 is 0 Å². The number of rotatable bonds is 2. The number of benzene rings is 1. The lowest BCUT2D eigenvalue weighted by molar-refractivity contribution is 0.183. The van der Waals surface area contributed by atoms with Crippen LogP contribution in [0.2, 0.25) is 18.6 Å². The maximum atomic E-state index is 9.63. The Balaban J connectivity index is 2.20. The first-order chi connectivity index (χ1) is 7.10. The molecule has 2 heteroatoms. The van der Waals surface area contributed by atoms with Crippen molar-refractivity contribution in [1.82, 2.24) is 0 Å². The highest BCUT2D eigenvalue weighted by Gasteiger charge is 2.38. The molecule has 0 aliphatic heterocycles. The number of hydrogen-bond donors (Lipinski definition) is 1. The molecule has 0 spiro atoms. The van der Waals surface area contributed by atoms with Crippen molar-refractivity contribution in [2.75, 3.05) is 0 Å². The van der Waals surface area contributed by atoms with Crippen LogP contribution in [0.3, 0.4) is 0 Å². The van der Waals surface area contributed by atoms with Gasteiger partial charge in [-0.1, -0.05) is 48.6 Å². The largest absolute Gasteiger partial charge is 0.393 e. The van der Waals surface area contributed by atoms with Gasteiger partial charge >= 0.3 is 0 Å². The molecule has 0 amide bonds. The third-order valence-corrected chi connectivity index (χ3v) is 8.33. The summed E-state index contributed by atoms with van der Waals surface area (Å²) in [6.07, 6.45) is 3.21. The van der Waals surface area contributed by atoms with Crippen LogP contribution in [-0.2, 0) is 0 Å². The molecule has 0 heterocycles. The van der Waals surface area contributed by atoms with Gasteiger partial charge in [0.1, 0.15) is 0 Å². The summed E-state index contributed by atoms with van der Waals surface area (Å²) in [4.78, 5) is 0. The van der Waals surface area contributed by atoms with Gasteiger partial charge in [-0.3, -0.25) is 0 Å². The summed E-state index contributed by atoms with van der Waals surface area (Å²) in [5, 5.41) is 11.2. The van der Waals surface area contributed by atoms with Gasteiger partial charge in [0, 0.05) is 0 Å². The Morgan fingerprint density at radius 2 is 1.80 bits per heavy atom. The van der Waals surface area contributed by atoms with Crippen molar-refractivity contribution in [1.29, 1.82) is 0 Å². The highest BCUT2D eigenvalue weighted by atomic mass is 28.3. The van der Waals surface area contributed by atoms with Crippen LogP contribution in [0.25, 0.3) is 0 Å². The van der Waals surface area contributed by atoms with Crippen LogP contribution in [0.5, 0.6) is 0 Å². The minimum absolute atomic E-state index is 0.0366. The van der Waals surface area contributed by atoms with E-state index in [0.29, 0.717) is 0 Å². The summed E-state index contributed by atoms with van der Waals surface area (Å²) in [5.41, 5.74) is 0.759. The van der Waals surface area contributed by atoms with Crippen molar-refractivity contribution in [2.24, 2.45) is 0 Å². The summed E-state index contributed by atoms with van der Waals surface area (Å²) < 4.78 is 0. The van der Waals surface area contributed by atoms with Gasteiger partial charge in [-0.25, -0.2) is 0 Å². The van der Waals surface area contributed by atoms with Crippen molar-refractivity contribution < 1.29 is 5.11 Å². The van der Waals surface area contributed by atoms with E-state index in [4.69, 9.17) is 0 Å². The quantitative estimate of drug-likeness (QED) is 0.759. The summed E-state index contributed by atoms with van der Waals surface area (Å²) in [5.74, 6) is 0. The summed E-state index contributed by atoms with van der Waals surface area (Å²) >= 11 is 0. The molecule has 0 saturated heterocycles. The predicted molar refractivity (Wildman–Crippen MR) is 67.2 cm³/mol. The minimum atomic E-state index is -1.35. The summed E-state index contributed by atoms with van der Waals surface area (Å²) in [7, 11) is -1.35. The second-order valence-electron chi connectivity index (χ2n) is 5.25. The summed E-state index contributed by atoms with van der Waals surface area (Å²) in [6, 6.07) is 10.9. The topological polar surface area (TPSA) is 20.2 Å². The Bertz CT molecular complexity index is 321. The van der Waals surface area contributed by atoms with Crippen molar-refractivity contribution in [3.05, 3.63) is 30.3 Å². The molecule has 1 saturated carbocycles. The Labute approximate surface area is 93.2 Å². The highest BCUT2D eigenvalue weighted by Crippen LogP contribution is 2.38. The second kappa shape index (κ2) is 4.10. The van der Waals surface area contributed by atoms with Gasteiger partial charge in [0.25, 0.3) is 0 Å². The maximum Gasteiger partial charge on any atom is 0.0837 e. The average Bonchev–Trinajstić information content (AvgIpc) is 2.67. The molecule has 1 fully saturated rings. The van der Waals surface area contributed by atoms with Gasteiger partial charge in [0.15, 0.2) is 0 Å². The number of aliphatic hydroxyl groups excluding tert-OH is 1. The molecule has 0 unspecified atom stereocenters. The Hall–Kier alpha value is -0.603. The normalized spacial score (nSPS) is 26.9. The standard InChI is InChI=1S/C13H20OSi/c1-15(2,12-6-4-3-5-7-12)13-9-8-11(14)10-13/h3-7,11,13-14H,8-10H2,1-2H3/t11-,13-/m1/s1. The number of aliphatic hydroxyl groups is 1. The predicted octanol–water partition coefficient (Wildman–Crippen LogP) is 2.52. The monoisotopic (exact) mass is 220 g/mol. The van der Waals surface area contributed by atoms with Crippen molar-refractivity contribution in [2.45, 2.75) is 44.0 Å². The van der Waals surface area contributed by atoms with Crippen LogP contribution in [0.1, 0.15) is 19.3 Å². The molecule has 0 bridgehead atoms. The molecule has 2 rings (SSSR count). The zero-order valence-electron chi connectivity index (χ0n) is 9.61. The molecule has 1 N–H and O–H groups in total. The van der Waals surface area contributed by atoms with E-state index in [1.54, 1.807) is 0 Å².